The average molecular weight is 499 g/mol. The molecule has 2 heterocycles. The van der Waals surface area contributed by atoms with Gasteiger partial charge in [-0.05, 0) is 49.4 Å². The fourth-order valence-corrected chi connectivity index (χ4v) is 4.14. The van der Waals surface area contributed by atoms with Gasteiger partial charge in [-0.2, -0.15) is 9.97 Å². The van der Waals surface area contributed by atoms with Crippen molar-refractivity contribution in [1.82, 2.24) is 20.3 Å². The second-order valence-corrected chi connectivity index (χ2v) is 8.51. The number of rotatable bonds is 12. The number of carbonyl (C=O) groups excluding carboxylic acids is 1. The Balaban J connectivity index is 1.74. The minimum Gasteiger partial charge on any atom is -0.481 e. The summed E-state index contributed by atoms with van der Waals surface area (Å²) in [6.45, 7) is 1.96. The standard InChI is InChI=1S/C24H30N6O6/c1-12(36-2)16(8-7-15-11-27-21-19(15)20(25)29-24(26)30-21)13-3-5-14(6-4-13)22(33)28-17(23(34)35)9-10-18(31)32/h3-6,11-12,16-17H,7-10H2,1-2H3,(H,28,33)(H,31,32)(H,34,35)(H5,25,26,27,29,30)/t12?,16?,17-/m0/s1. The number of carboxylic acids is 2. The number of nitrogens with one attached hydrogen (secondary N) is 2. The Morgan fingerprint density at radius 2 is 1.81 bits per heavy atom. The number of carbonyl (C=O) groups is 3. The van der Waals surface area contributed by atoms with E-state index in [1.54, 1.807) is 31.4 Å². The number of H-pyrrole nitrogens is 1. The molecule has 2 unspecified atom stereocenters. The van der Waals surface area contributed by atoms with E-state index in [-0.39, 0.29) is 36.4 Å². The van der Waals surface area contributed by atoms with Crippen molar-refractivity contribution < 1.29 is 29.3 Å². The maximum Gasteiger partial charge on any atom is 0.326 e. The summed E-state index contributed by atoms with van der Waals surface area (Å²) in [6.07, 6.45) is 2.48. The second-order valence-electron chi connectivity index (χ2n) is 8.51. The Labute approximate surface area is 207 Å². The number of fused-ring (bicyclic) bond motifs is 1. The molecule has 3 aromatic rings. The maximum absolute atomic E-state index is 12.6. The van der Waals surface area contributed by atoms with Gasteiger partial charge in [-0.25, -0.2) is 4.79 Å². The molecule has 0 spiro atoms. The zero-order valence-electron chi connectivity index (χ0n) is 20.0. The molecule has 1 amide bonds. The Kier molecular flexibility index (Phi) is 8.43. The summed E-state index contributed by atoms with van der Waals surface area (Å²) < 4.78 is 5.60. The van der Waals surface area contributed by atoms with Gasteiger partial charge in [0.15, 0.2) is 0 Å². The monoisotopic (exact) mass is 498 g/mol. The number of hydrogen-bond donors (Lipinski definition) is 6. The van der Waals surface area contributed by atoms with Crippen molar-refractivity contribution in [2.45, 2.75) is 50.7 Å². The van der Waals surface area contributed by atoms with Gasteiger partial charge in [-0.1, -0.05) is 12.1 Å². The highest BCUT2D eigenvalue weighted by atomic mass is 16.5. The molecule has 0 saturated carbocycles. The van der Waals surface area contributed by atoms with Gasteiger partial charge in [0.25, 0.3) is 5.91 Å². The number of methoxy groups -OCH3 is 1. The molecule has 0 aliphatic rings. The van der Waals surface area contributed by atoms with Gasteiger partial charge in [-0.15, -0.1) is 0 Å². The fraction of sp³-hybridized carbons (Fsp3) is 0.375. The zero-order valence-corrected chi connectivity index (χ0v) is 20.0. The van der Waals surface area contributed by atoms with Gasteiger partial charge >= 0.3 is 11.9 Å². The van der Waals surface area contributed by atoms with Crippen LogP contribution in [-0.2, 0) is 20.7 Å². The van der Waals surface area contributed by atoms with E-state index in [1.165, 1.54) is 0 Å². The van der Waals surface area contributed by atoms with Crippen LogP contribution in [0.3, 0.4) is 0 Å². The molecule has 2 aromatic heterocycles. The van der Waals surface area contributed by atoms with Gasteiger partial charge in [0, 0.05) is 31.2 Å². The molecule has 192 valence electrons. The summed E-state index contributed by atoms with van der Waals surface area (Å²) in [5, 5.41) is 21.2. The van der Waals surface area contributed by atoms with Crippen LogP contribution in [0.1, 0.15) is 53.6 Å². The van der Waals surface area contributed by atoms with Crippen LogP contribution in [0, 0.1) is 0 Å². The van der Waals surface area contributed by atoms with E-state index in [1.807, 2.05) is 13.1 Å². The van der Waals surface area contributed by atoms with E-state index in [0.29, 0.717) is 24.3 Å². The SMILES string of the molecule is COC(C)C(CCc1c[nH]c2nc(N)nc(N)c12)c1ccc(C(=O)N[C@@H](CCC(=O)O)C(=O)O)cc1. The number of carboxylic acid groups (broad SMARTS) is 2. The molecule has 0 saturated heterocycles. The van der Waals surface area contributed by atoms with E-state index < -0.39 is 23.9 Å². The van der Waals surface area contributed by atoms with Crippen LogP contribution >= 0.6 is 0 Å². The number of benzene rings is 1. The summed E-state index contributed by atoms with van der Waals surface area (Å²) in [6, 6.07) is 5.52. The van der Waals surface area contributed by atoms with Crippen LogP contribution in [0.5, 0.6) is 0 Å². The van der Waals surface area contributed by atoms with Gasteiger partial charge in [-0.3, -0.25) is 9.59 Å². The number of nitrogen functional groups attached to an aromatic ring is 2. The van der Waals surface area contributed by atoms with E-state index in [9.17, 15) is 19.5 Å². The molecule has 3 rings (SSSR count). The first-order chi connectivity index (χ1) is 17.1. The van der Waals surface area contributed by atoms with Gasteiger partial charge in [0.05, 0.1) is 11.5 Å². The maximum atomic E-state index is 12.6. The molecular formula is C24H30N6O6. The highest BCUT2D eigenvalue weighted by molar-refractivity contribution is 5.96. The Bertz CT molecular complexity index is 1240. The molecule has 12 nitrogen and oxygen atoms in total. The lowest BCUT2D eigenvalue weighted by molar-refractivity contribution is -0.140. The first kappa shape index (κ1) is 26.4. The highest BCUT2D eigenvalue weighted by Gasteiger charge is 2.23. The highest BCUT2D eigenvalue weighted by Crippen LogP contribution is 2.30. The number of aryl methyl sites for hydroxylation is 1. The predicted octanol–water partition coefficient (Wildman–Crippen LogP) is 1.92. The number of nitrogens with zero attached hydrogens (tertiary/aromatic N) is 2. The molecule has 36 heavy (non-hydrogen) atoms. The predicted molar refractivity (Wildman–Crippen MR) is 132 cm³/mol. The van der Waals surface area contributed by atoms with Crippen molar-refractivity contribution in [3.05, 3.63) is 47.2 Å². The fourth-order valence-electron chi connectivity index (χ4n) is 4.14. The number of ether oxygens (including phenoxy) is 1. The first-order valence-corrected chi connectivity index (χ1v) is 11.4. The zero-order chi connectivity index (χ0) is 26.4. The minimum absolute atomic E-state index is 0.0182. The summed E-state index contributed by atoms with van der Waals surface area (Å²) in [4.78, 5) is 46.0. The van der Waals surface area contributed by atoms with Crippen molar-refractivity contribution in [3.63, 3.8) is 0 Å². The second kappa shape index (κ2) is 11.5. The third-order valence-electron chi connectivity index (χ3n) is 6.17. The normalized spacial score (nSPS) is 13.7. The van der Waals surface area contributed by atoms with Crippen molar-refractivity contribution in [1.29, 1.82) is 0 Å². The van der Waals surface area contributed by atoms with Crippen LogP contribution in [0.2, 0.25) is 0 Å². The Morgan fingerprint density at radius 3 is 2.42 bits per heavy atom. The van der Waals surface area contributed by atoms with Crippen LogP contribution in [0.4, 0.5) is 11.8 Å². The van der Waals surface area contributed by atoms with E-state index >= 15 is 0 Å². The lowest BCUT2D eigenvalue weighted by atomic mass is 9.88. The Hall–Kier alpha value is -4.19. The third-order valence-corrected chi connectivity index (χ3v) is 6.17. The van der Waals surface area contributed by atoms with E-state index in [2.05, 4.69) is 20.3 Å². The largest absolute Gasteiger partial charge is 0.481 e. The van der Waals surface area contributed by atoms with Crippen molar-refractivity contribution in [3.8, 4) is 0 Å². The van der Waals surface area contributed by atoms with Crippen LogP contribution in [-0.4, -0.2) is 62.3 Å². The number of aliphatic carboxylic acids is 2. The molecule has 0 radical (unpaired) electrons. The van der Waals surface area contributed by atoms with Gasteiger partial charge in [0.1, 0.15) is 17.5 Å². The van der Waals surface area contributed by atoms with Crippen LogP contribution in [0.15, 0.2) is 30.5 Å². The molecule has 8 N–H and O–H groups in total. The quantitative estimate of drug-likeness (QED) is 0.214. The molecule has 0 fully saturated rings. The number of amides is 1. The number of nitrogens with two attached hydrogens (primary N) is 2. The average Bonchev–Trinajstić information content (AvgIpc) is 3.24. The molecule has 0 aliphatic carbocycles. The molecular weight excluding hydrogens is 468 g/mol. The molecule has 0 aliphatic heterocycles. The van der Waals surface area contributed by atoms with Crippen LogP contribution in [0.25, 0.3) is 11.0 Å². The number of hydrogen-bond acceptors (Lipinski definition) is 8. The Morgan fingerprint density at radius 1 is 1.11 bits per heavy atom. The number of aromatic amines is 1. The van der Waals surface area contributed by atoms with Crippen molar-refractivity contribution >= 4 is 40.6 Å². The molecule has 0 bridgehead atoms. The lowest BCUT2D eigenvalue weighted by Crippen LogP contribution is -2.41. The summed E-state index contributed by atoms with van der Waals surface area (Å²) in [5.74, 6) is -2.63. The van der Waals surface area contributed by atoms with Crippen molar-refractivity contribution in [2.24, 2.45) is 0 Å². The van der Waals surface area contributed by atoms with E-state index in [4.69, 9.17) is 21.3 Å². The topological polar surface area (TPSA) is 207 Å². The lowest BCUT2D eigenvalue weighted by Gasteiger charge is -2.24. The summed E-state index contributed by atoms with van der Waals surface area (Å²) in [7, 11) is 1.63. The molecule has 12 heteroatoms. The molecule has 3 atom stereocenters. The third kappa shape index (κ3) is 6.27. The van der Waals surface area contributed by atoms with Gasteiger partial charge in [0.2, 0.25) is 5.95 Å². The number of anilines is 2. The minimum atomic E-state index is -1.29. The molecule has 1 aromatic carbocycles. The summed E-state index contributed by atoms with van der Waals surface area (Å²) in [5.41, 5.74) is 14.5. The summed E-state index contributed by atoms with van der Waals surface area (Å²) >= 11 is 0. The smallest absolute Gasteiger partial charge is 0.326 e. The number of aromatic nitrogens is 3. The first-order valence-electron chi connectivity index (χ1n) is 11.4. The van der Waals surface area contributed by atoms with Gasteiger partial charge < -0.3 is 36.7 Å². The van der Waals surface area contributed by atoms with Crippen LogP contribution < -0.4 is 16.8 Å². The van der Waals surface area contributed by atoms with Crippen molar-refractivity contribution in [2.75, 3.05) is 18.6 Å². The van der Waals surface area contributed by atoms with E-state index in [0.717, 1.165) is 16.5 Å².